The largest absolute Gasteiger partial charge is 0.245 e. The van der Waals surface area contributed by atoms with E-state index in [2.05, 4.69) is 6.19 Å². The molecule has 2 nitrogen and oxygen atoms in total. The maximum Gasteiger partial charge on any atom is 0.189 e. The van der Waals surface area contributed by atoms with Crippen LogP contribution < -0.4 is 4.90 Å². The fourth-order valence-corrected chi connectivity index (χ4v) is 2.87. The molecule has 0 spiro atoms. The first-order chi connectivity index (χ1) is 8.90. The van der Waals surface area contributed by atoms with Crippen LogP contribution in [0.2, 0.25) is 0 Å². The first-order valence-electron chi connectivity index (χ1n) is 5.61. The highest BCUT2D eigenvalue weighted by Gasteiger charge is 2.20. The van der Waals surface area contributed by atoms with Crippen molar-refractivity contribution in [3.8, 4) is 6.19 Å². The molecule has 18 heavy (non-hydrogen) atoms. The van der Waals surface area contributed by atoms with E-state index in [0.29, 0.717) is 0 Å². The number of anilines is 1. The van der Waals surface area contributed by atoms with E-state index >= 15 is 0 Å². The van der Waals surface area contributed by atoms with E-state index in [0.717, 1.165) is 21.8 Å². The molecule has 0 aliphatic carbocycles. The molecule has 3 heteroatoms. The molecule has 0 saturated carbocycles. The minimum Gasteiger partial charge on any atom is -0.245 e. The van der Waals surface area contributed by atoms with Crippen LogP contribution in [0, 0.1) is 11.5 Å². The highest BCUT2D eigenvalue weighted by Crippen LogP contribution is 2.41. The summed E-state index contributed by atoms with van der Waals surface area (Å²) in [6.07, 6.45) is 2.26. The molecule has 86 valence electrons. The number of hydrogen-bond donors (Lipinski definition) is 0. The smallest absolute Gasteiger partial charge is 0.189 e. The summed E-state index contributed by atoms with van der Waals surface area (Å²) in [5.41, 5.74) is 2.94. The van der Waals surface area contributed by atoms with E-state index < -0.39 is 0 Å². The maximum absolute atomic E-state index is 9.40. The lowest BCUT2D eigenvalue weighted by Gasteiger charge is -2.25. The normalized spacial score (nSPS) is 13.5. The Morgan fingerprint density at radius 3 is 2.44 bits per heavy atom. The SMILES string of the molecule is N#CN1C(c2ccccc2)=CSc2ccccc21. The molecule has 0 unspecified atom stereocenters. The molecule has 0 aromatic heterocycles. The van der Waals surface area contributed by atoms with Crippen molar-refractivity contribution < 1.29 is 0 Å². The molecule has 0 N–H and O–H groups in total. The molecule has 0 radical (unpaired) electrons. The summed E-state index contributed by atoms with van der Waals surface area (Å²) >= 11 is 1.66. The summed E-state index contributed by atoms with van der Waals surface area (Å²) in [6, 6.07) is 17.9. The van der Waals surface area contributed by atoms with E-state index in [1.54, 1.807) is 16.7 Å². The molecular weight excluding hydrogens is 240 g/mol. The van der Waals surface area contributed by atoms with Crippen molar-refractivity contribution in [3.63, 3.8) is 0 Å². The van der Waals surface area contributed by atoms with Gasteiger partial charge < -0.3 is 0 Å². The van der Waals surface area contributed by atoms with Crippen molar-refractivity contribution in [2.75, 3.05) is 4.90 Å². The van der Waals surface area contributed by atoms with Gasteiger partial charge in [0, 0.05) is 10.3 Å². The predicted octanol–water partition coefficient (Wildman–Crippen LogP) is 4.08. The number of nitriles is 1. The second-order valence-corrected chi connectivity index (χ2v) is 4.80. The maximum atomic E-state index is 9.40. The van der Waals surface area contributed by atoms with E-state index in [9.17, 15) is 5.26 Å². The molecule has 0 fully saturated rings. The molecule has 2 aromatic carbocycles. The van der Waals surface area contributed by atoms with Gasteiger partial charge in [0.2, 0.25) is 0 Å². The number of thioether (sulfide) groups is 1. The van der Waals surface area contributed by atoms with Crippen LogP contribution in [-0.2, 0) is 0 Å². The van der Waals surface area contributed by atoms with Crippen LogP contribution >= 0.6 is 11.8 Å². The average molecular weight is 250 g/mol. The van der Waals surface area contributed by atoms with Crippen LogP contribution in [0.3, 0.4) is 0 Å². The molecular formula is C15H10N2S. The molecule has 0 bridgehead atoms. The predicted molar refractivity (Wildman–Crippen MR) is 74.8 cm³/mol. The fourth-order valence-electron chi connectivity index (χ4n) is 1.96. The van der Waals surface area contributed by atoms with E-state index in [1.807, 2.05) is 60.0 Å². The van der Waals surface area contributed by atoms with Crippen LogP contribution in [0.5, 0.6) is 0 Å². The zero-order valence-electron chi connectivity index (χ0n) is 9.58. The van der Waals surface area contributed by atoms with Gasteiger partial charge in [0.1, 0.15) is 0 Å². The van der Waals surface area contributed by atoms with Gasteiger partial charge in [0.25, 0.3) is 0 Å². The Morgan fingerprint density at radius 2 is 1.67 bits per heavy atom. The first kappa shape index (κ1) is 10.9. The summed E-state index contributed by atoms with van der Waals surface area (Å²) in [4.78, 5) is 2.79. The van der Waals surface area contributed by atoms with Crippen molar-refractivity contribution in [2.45, 2.75) is 4.90 Å². The minimum absolute atomic E-state index is 0.932. The molecule has 2 aromatic rings. The second-order valence-electron chi connectivity index (χ2n) is 3.89. The van der Waals surface area contributed by atoms with Crippen molar-refractivity contribution in [2.24, 2.45) is 0 Å². The number of rotatable bonds is 1. The van der Waals surface area contributed by atoms with Crippen molar-refractivity contribution >= 4 is 23.1 Å². The van der Waals surface area contributed by atoms with Crippen molar-refractivity contribution in [1.29, 1.82) is 5.26 Å². The van der Waals surface area contributed by atoms with Gasteiger partial charge in [0.15, 0.2) is 6.19 Å². The lowest BCUT2D eigenvalue weighted by atomic mass is 10.1. The Balaban J connectivity index is 2.10. The third-order valence-corrected chi connectivity index (χ3v) is 3.75. The van der Waals surface area contributed by atoms with Crippen LogP contribution in [0.1, 0.15) is 5.56 Å². The van der Waals surface area contributed by atoms with Crippen molar-refractivity contribution in [3.05, 3.63) is 65.6 Å². The zero-order chi connectivity index (χ0) is 12.4. The number of para-hydroxylation sites is 1. The Kier molecular flexibility index (Phi) is 2.79. The quantitative estimate of drug-likeness (QED) is 0.714. The minimum atomic E-state index is 0.932. The third kappa shape index (κ3) is 1.77. The summed E-state index contributed by atoms with van der Waals surface area (Å²) in [7, 11) is 0. The van der Waals surface area contributed by atoms with E-state index in [4.69, 9.17) is 0 Å². The standard InChI is InChI=1S/C15H10N2S/c16-11-17-13-8-4-5-9-15(13)18-10-14(17)12-6-2-1-3-7-12/h1-10H. The monoisotopic (exact) mass is 250 g/mol. The average Bonchev–Trinajstić information content (AvgIpc) is 2.47. The lowest BCUT2D eigenvalue weighted by Crippen LogP contribution is -2.17. The summed E-state index contributed by atoms with van der Waals surface area (Å²) in [6.45, 7) is 0. The molecule has 0 amide bonds. The molecule has 0 atom stereocenters. The van der Waals surface area contributed by atoms with Crippen LogP contribution in [0.15, 0.2) is 64.9 Å². The van der Waals surface area contributed by atoms with Gasteiger partial charge in [-0.25, -0.2) is 4.90 Å². The van der Waals surface area contributed by atoms with Gasteiger partial charge in [-0.05, 0) is 17.7 Å². The summed E-state index contributed by atoms with van der Waals surface area (Å²) < 4.78 is 0. The van der Waals surface area contributed by atoms with Gasteiger partial charge in [-0.1, -0.05) is 54.2 Å². The zero-order valence-corrected chi connectivity index (χ0v) is 10.4. The van der Waals surface area contributed by atoms with Gasteiger partial charge in [-0.2, -0.15) is 5.26 Å². The lowest BCUT2D eigenvalue weighted by molar-refractivity contribution is 1.23. The Morgan fingerprint density at radius 1 is 0.944 bits per heavy atom. The Hall–Kier alpha value is -2.18. The van der Waals surface area contributed by atoms with Crippen LogP contribution in [-0.4, -0.2) is 0 Å². The number of fused-ring (bicyclic) bond motifs is 1. The third-order valence-electron chi connectivity index (χ3n) is 2.81. The highest BCUT2D eigenvalue weighted by molar-refractivity contribution is 8.02. The fraction of sp³-hybridized carbons (Fsp3) is 0. The number of hydrogen-bond acceptors (Lipinski definition) is 3. The first-order valence-corrected chi connectivity index (χ1v) is 6.49. The summed E-state index contributed by atoms with van der Waals surface area (Å²) in [5, 5.41) is 11.4. The van der Waals surface area contributed by atoms with Crippen LogP contribution in [0.25, 0.3) is 5.70 Å². The number of nitrogens with zero attached hydrogens (tertiary/aromatic N) is 2. The Labute approximate surface area is 110 Å². The molecule has 1 aliphatic rings. The molecule has 3 rings (SSSR count). The van der Waals surface area contributed by atoms with Gasteiger partial charge in [0.05, 0.1) is 11.4 Å². The molecule has 1 heterocycles. The van der Waals surface area contributed by atoms with Gasteiger partial charge in [-0.15, -0.1) is 0 Å². The topological polar surface area (TPSA) is 27.0 Å². The second kappa shape index (κ2) is 4.59. The Bertz CT molecular complexity index is 641. The van der Waals surface area contributed by atoms with Crippen molar-refractivity contribution in [1.82, 2.24) is 0 Å². The van der Waals surface area contributed by atoms with E-state index in [1.165, 1.54) is 0 Å². The van der Waals surface area contributed by atoms with E-state index in [-0.39, 0.29) is 0 Å². The van der Waals surface area contributed by atoms with Crippen LogP contribution in [0.4, 0.5) is 5.69 Å². The van der Waals surface area contributed by atoms with Gasteiger partial charge in [-0.3, -0.25) is 0 Å². The number of benzene rings is 2. The summed E-state index contributed by atoms with van der Waals surface area (Å²) in [5.74, 6) is 0. The highest BCUT2D eigenvalue weighted by atomic mass is 32.2. The molecule has 0 saturated heterocycles. The molecule has 1 aliphatic heterocycles. The van der Waals surface area contributed by atoms with Gasteiger partial charge >= 0.3 is 0 Å².